The van der Waals surface area contributed by atoms with Crippen LogP contribution in [0.2, 0.25) is 0 Å². The van der Waals surface area contributed by atoms with Gasteiger partial charge in [0.25, 0.3) is 17.4 Å². The Morgan fingerprint density at radius 2 is 1.83 bits per heavy atom. The number of carbonyl (C=O) groups is 2. The molecule has 0 unspecified atom stereocenters. The molecule has 0 fully saturated rings. The molecule has 0 saturated heterocycles. The van der Waals surface area contributed by atoms with Crippen LogP contribution in [0.1, 0.15) is 22.8 Å². The molecule has 0 spiro atoms. The van der Waals surface area contributed by atoms with Crippen LogP contribution in [-0.2, 0) is 4.79 Å². The Morgan fingerprint density at radius 3 is 2.30 bits per heavy atom. The van der Waals surface area contributed by atoms with Crippen molar-refractivity contribution >= 4 is 11.8 Å². The lowest BCUT2D eigenvalue weighted by Gasteiger charge is -2.30. The molecule has 0 saturated carbocycles. The molecule has 1 heterocycles. The van der Waals surface area contributed by atoms with Crippen LogP contribution >= 0.6 is 0 Å². The number of hydrogen-bond acceptors (Lipinski definition) is 3. The summed E-state index contributed by atoms with van der Waals surface area (Å²) in [5.74, 6) is -2.60. The molecule has 120 valence electrons. The number of carbonyl (C=O) groups excluding carboxylic acids is 2. The van der Waals surface area contributed by atoms with Gasteiger partial charge in [-0.1, -0.05) is 17.7 Å². The molecule has 1 aromatic rings. The lowest BCUT2D eigenvalue weighted by Crippen LogP contribution is -2.64. The molecule has 5 nitrogen and oxygen atoms in total. The second kappa shape index (κ2) is 5.43. The van der Waals surface area contributed by atoms with Gasteiger partial charge in [0.2, 0.25) is 0 Å². The van der Waals surface area contributed by atoms with Crippen molar-refractivity contribution in [2.75, 3.05) is 0 Å². The van der Waals surface area contributed by atoms with Gasteiger partial charge in [-0.3, -0.25) is 9.59 Å². The summed E-state index contributed by atoms with van der Waals surface area (Å²) in [4.78, 5) is 24.1. The van der Waals surface area contributed by atoms with E-state index < -0.39 is 29.1 Å². The minimum absolute atomic E-state index is 0.0473. The summed E-state index contributed by atoms with van der Waals surface area (Å²) in [6.07, 6.45) is -5.17. The zero-order valence-electron chi connectivity index (χ0n) is 12.2. The third kappa shape index (κ3) is 2.54. The topological polar surface area (TPSA) is 82.0 Å². The Kier molecular flexibility index (Phi) is 3.90. The maximum atomic E-state index is 13.6. The first kappa shape index (κ1) is 16.5. The number of nitriles is 1. The lowest BCUT2D eigenvalue weighted by atomic mass is 9.89. The van der Waals surface area contributed by atoms with E-state index in [2.05, 4.69) is 0 Å². The summed E-state index contributed by atoms with van der Waals surface area (Å²) in [7, 11) is 0. The largest absolute Gasteiger partial charge is 0.425 e. The van der Waals surface area contributed by atoms with Gasteiger partial charge in [-0.2, -0.15) is 18.4 Å². The first-order valence-electron chi connectivity index (χ1n) is 6.52. The van der Waals surface area contributed by atoms with Crippen molar-refractivity contribution in [2.45, 2.75) is 25.6 Å². The van der Waals surface area contributed by atoms with Gasteiger partial charge >= 0.3 is 6.18 Å². The number of amides is 2. The summed E-state index contributed by atoms with van der Waals surface area (Å²) in [6.45, 7) is 2.92. The Balaban J connectivity index is 2.50. The van der Waals surface area contributed by atoms with Gasteiger partial charge in [0, 0.05) is 11.3 Å². The molecule has 2 amide bonds. The Hall–Kier alpha value is -2.82. The van der Waals surface area contributed by atoms with Crippen molar-refractivity contribution in [3.8, 4) is 6.07 Å². The fourth-order valence-electron chi connectivity index (χ4n) is 2.30. The molecule has 1 aliphatic rings. The summed E-state index contributed by atoms with van der Waals surface area (Å²) < 4.78 is 40.7. The van der Waals surface area contributed by atoms with Crippen molar-refractivity contribution in [3.63, 3.8) is 0 Å². The predicted octanol–water partition coefficient (Wildman–Crippen LogP) is 1.95. The zero-order valence-corrected chi connectivity index (χ0v) is 12.2. The summed E-state index contributed by atoms with van der Waals surface area (Å²) in [5.41, 5.74) is -3.71. The first-order chi connectivity index (χ1) is 10.6. The highest BCUT2D eigenvalue weighted by Crippen LogP contribution is 2.40. The van der Waals surface area contributed by atoms with Crippen molar-refractivity contribution in [2.24, 2.45) is 0 Å². The standard InChI is InChI=1S/C15H12F3N3O2/c1-8-3-5-10(6-4-8)12(22)21-14(15(16,17)18)11(7-19)9(2)20-13(14)23/h3-6H,1-2H3,(H,20,23)(H,21,22)/t14-/m1/s1. The number of alkyl halides is 3. The number of rotatable bonds is 2. The van der Waals surface area contributed by atoms with E-state index in [1.807, 2.05) is 5.32 Å². The van der Waals surface area contributed by atoms with Crippen LogP contribution in [0.5, 0.6) is 0 Å². The summed E-state index contributed by atoms with van der Waals surface area (Å²) >= 11 is 0. The van der Waals surface area contributed by atoms with Crippen LogP contribution in [0.25, 0.3) is 0 Å². The smallest absolute Gasteiger partial charge is 0.326 e. The summed E-state index contributed by atoms with van der Waals surface area (Å²) in [5, 5.41) is 12.7. The molecular formula is C15H12F3N3O2. The molecule has 1 atom stereocenters. The van der Waals surface area contributed by atoms with Gasteiger partial charge in [0.05, 0.1) is 11.6 Å². The van der Waals surface area contributed by atoms with E-state index in [0.29, 0.717) is 0 Å². The average Bonchev–Trinajstić information content (AvgIpc) is 2.70. The monoisotopic (exact) mass is 323 g/mol. The van der Waals surface area contributed by atoms with Crippen LogP contribution in [0, 0.1) is 18.3 Å². The highest BCUT2D eigenvalue weighted by molar-refractivity contribution is 6.04. The van der Waals surface area contributed by atoms with Gasteiger partial charge in [0.1, 0.15) is 0 Å². The quantitative estimate of drug-likeness (QED) is 0.873. The minimum Gasteiger partial charge on any atom is -0.326 e. The molecule has 0 bridgehead atoms. The predicted molar refractivity (Wildman–Crippen MR) is 73.9 cm³/mol. The lowest BCUT2D eigenvalue weighted by molar-refractivity contribution is -0.184. The second-order valence-corrected chi connectivity index (χ2v) is 5.13. The van der Waals surface area contributed by atoms with Crippen LogP contribution in [0.3, 0.4) is 0 Å². The second-order valence-electron chi connectivity index (χ2n) is 5.13. The van der Waals surface area contributed by atoms with Crippen LogP contribution < -0.4 is 10.6 Å². The van der Waals surface area contributed by atoms with E-state index >= 15 is 0 Å². The van der Waals surface area contributed by atoms with Crippen molar-refractivity contribution in [3.05, 3.63) is 46.7 Å². The number of benzene rings is 1. The van der Waals surface area contributed by atoms with Gasteiger partial charge in [-0.05, 0) is 26.0 Å². The maximum Gasteiger partial charge on any atom is 0.425 e. The van der Waals surface area contributed by atoms with Crippen LogP contribution in [-0.4, -0.2) is 23.5 Å². The van der Waals surface area contributed by atoms with E-state index in [1.165, 1.54) is 25.1 Å². The Morgan fingerprint density at radius 1 is 1.26 bits per heavy atom. The number of hydrogen-bond donors (Lipinski definition) is 2. The highest BCUT2D eigenvalue weighted by atomic mass is 19.4. The molecular weight excluding hydrogens is 311 g/mol. The molecule has 8 heteroatoms. The zero-order chi connectivity index (χ0) is 17.4. The molecule has 2 rings (SSSR count). The molecule has 1 aliphatic heterocycles. The average molecular weight is 323 g/mol. The summed E-state index contributed by atoms with van der Waals surface area (Å²) in [6, 6.07) is 7.15. The molecule has 1 aromatic carbocycles. The van der Waals surface area contributed by atoms with Crippen LogP contribution in [0.15, 0.2) is 35.5 Å². The van der Waals surface area contributed by atoms with Gasteiger partial charge < -0.3 is 10.6 Å². The number of halogens is 3. The minimum atomic E-state index is -5.17. The maximum absolute atomic E-state index is 13.6. The molecule has 23 heavy (non-hydrogen) atoms. The van der Waals surface area contributed by atoms with Gasteiger partial charge in [0.15, 0.2) is 0 Å². The number of allylic oxidation sites excluding steroid dienone is 1. The number of nitrogens with zero attached hydrogens (tertiary/aromatic N) is 1. The highest BCUT2D eigenvalue weighted by Gasteiger charge is 2.67. The fraction of sp³-hybridized carbons (Fsp3) is 0.267. The van der Waals surface area contributed by atoms with Crippen molar-refractivity contribution in [1.29, 1.82) is 5.26 Å². The molecule has 0 radical (unpaired) electrons. The SMILES string of the molecule is CC1=C(C#N)[C@](NC(=O)c2ccc(C)cc2)(C(F)(F)F)C(=O)N1. The van der Waals surface area contributed by atoms with E-state index in [1.54, 1.807) is 24.4 Å². The molecule has 2 N–H and O–H groups in total. The van der Waals surface area contributed by atoms with E-state index in [-0.39, 0.29) is 11.3 Å². The third-order valence-electron chi connectivity index (χ3n) is 3.54. The Bertz CT molecular complexity index is 745. The van der Waals surface area contributed by atoms with Crippen molar-refractivity contribution in [1.82, 2.24) is 10.6 Å². The van der Waals surface area contributed by atoms with E-state index in [0.717, 1.165) is 5.56 Å². The number of aryl methyl sites for hydroxylation is 1. The van der Waals surface area contributed by atoms with E-state index in [4.69, 9.17) is 5.26 Å². The number of nitrogens with one attached hydrogen (secondary N) is 2. The van der Waals surface area contributed by atoms with Gasteiger partial charge in [-0.25, -0.2) is 0 Å². The third-order valence-corrected chi connectivity index (χ3v) is 3.54. The van der Waals surface area contributed by atoms with E-state index in [9.17, 15) is 22.8 Å². The normalized spacial score (nSPS) is 21.0. The van der Waals surface area contributed by atoms with Gasteiger partial charge in [-0.15, -0.1) is 0 Å². The molecule has 0 aromatic heterocycles. The Labute approximate surface area is 129 Å². The molecule has 0 aliphatic carbocycles. The fourth-order valence-corrected chi connectivity index (χ4v) is 2.30. The first-order valence-corrected chi connectivity index (χ1v) is 6.52. The van der Waals surface area contributed by atoms with Crippen LogP contribution in [0.4, 0.5) is 13.2 Å². The van der Waals surface area contributed by atoms with Crippen molar-refractivity contribution < 1.29 is 22.8 Å².